The minimum absolute atomic E-state index is 0.0310. The van der Waals surface area contributed by atoms with Gasteiger partial charge in [-0.05, 0) is 71.8 Å². The maximum atomic E-state index is 14.3. The van der Waals surface area contributed by atoms with Crippen LogP contribution < -0.4 is 20.7 Å². The van der Waals surface area contributed by atoms with E-state index in [4.69, 9.17) is 4.74 Å². The van der Waals surface area contributed by atoms with Crippen molar-refractivity contribution < 1.29 is 23.5 Å². The lowest BCUT2D eigenvalue weighted by Crippen LogP contribution is -2.30. The van der Waals surface area contributed by atoms with E-state index in [1.807, 2.05) is 36.4 Å². The molecule has 5 aromatic rings. The standard InChI is InChI=1S/C37H30FN3O4S/c1-45-29-21-19-25(20-22-29)23-33(41-35(42)27-13-6-3-7-14-27)36(43)39-28-15-10-16-30(24-28)46-34(26-11-4-2-5-12-26)37(44)40-32-18-9-8-17-31(32)38/h2-24,34H,1H3,(H,39,43)(H,40,44)(H,41,42)/b33-23+. The number of benzene rings is 5. The molecule has 7 nitrogen and oxygen atoms in total. The van der Waals surface area contributed by atoms with E-state index in [1.165, 1.54) is 23.9 Å². The molecule has 0 fully saturated rings. The monoisotopic (exact) mass is 631 g/mol. The minimum Gasteiger partial charge on any atom is -0.497 e. The van der Waals surface area contributed by atoms with E-state index < -0.39 is 28.8 Å². The molecular formula is C37H30FN3O4S. The van der Waals surface area contributed by atoms with E-state index in [-0.39, 0.29) is 11.4 Å². The molecule has 0 aromatic heterocycles. The fourth-order valence-corrected chi connectivity index (χ4v) is 5.54. The van der Waals surface area contributed by atoms with Gasteiger partial charge in [-0.15, -0.1) is 11.8 Å². The summed E-state index contributed by atoms with van der Waals surface area (Å²) in [6, 6.07) is 37.8. The molecule has 3 amide bonds. The molecule has 5 aromatic carbocycles. The summed E-state index contributed by atoms with van der Waals surface area (Å²) in [5, 5.41) is 7.57. The van der Waals surface area contributed by atoms with Crippen LogP contribution in [0.5, 0.6) is 5.75 Å². The Labute approximate surface area is 270 Å². The number of halogens is 1. The first-order chi connectivity index (χ1) is 22.4. The van der Waals surface area contributed by atoms with Gasteiger partial charge in [-0.1, -0.05) is 78.9 Å². The molecule has 46 heavy (non-hydrogen) atoms. The van der Waals surface area contributed by atoms with E-state index in [2.05, 4.69) is 16.0 Å². The van der Waals surface area contributed by atoms with E-state index in [9.17, 15) is 18.8 Å². The zero-order valence-electron chi connectivity index (χ0n) is 24.8. The van der Waals surface area contributed by atoms with Crippen LogP contribution in [0.1, 0.15) is 26.7 Å². The second-order valence-electron chi connectivity index (χ2n) is 10.0. The maximum absolute atomic E-state index is 14.3. The summed E-state index contributed by atoms with van der Waals surface area (Å²) in [6.45, 7) is 0. The molecule has 0 saturated heterocycles. The summed E-state index contributed by atoms with van der Waals surface area (Å²) in [6.07, 6.45) is 1.58. The second-order valence-corrected chi connectivity index (χ2v) is 11.2. The largest absolute Gasteiger partial charge is 0.497 e. The van der Waals surface area contributed by atoms with Crippen molar-refractivity contribution in [3.63, 3.8) is 0 Å². The summed E-state index contributed by atoms with van der Waals surface area (Å²) < 4.78 is 19.6. The molecule has 5 rings (SSSR count). The van der Waals surface area contributed by atoms with Crippen LogP contribution in [-0.4, -0.2) is 24.8 Å². The number of hydrogen-bond donors (Lipinski definition) is 3. The second kappa shape index (κ2) is 15.4. The zero-order chi connectivity index (χ0) is 32.3. The van der Waals surface area contributed by atoms with Crippen LogP contribution >= 0.6 is 11.8 Å². The number of carbonyl (C=O) groups is 3. The molecule has 0 aliphatic heterocycles. The third kappa shape index (κ3) is 8.49. The number of thioether (sulfide) groups is 1. The summed E-state index contributed by atoms with van der Waals surface area (Å²) in [4.78, 5) is 40.7. The molecular weight excluding hydrogens is 601 g/mol. The van der Waals surface area contributed by atoms with Crippen LogP contribution in [0, 0.1) is 5.82 Å². The minimum atomic E-state index is -0.720. The van der Waals surface area contributed by atoms with Crippen molar-refractivity contribution in [3.8, 4) is 5.75 Å². The Hall–Kier alpha value is -5.67. The zero-order valence-corrected chi connectivity index (χ0v) is 25.6. The van der Waals surface area contributed by atoms with E-state index >= 15 is 0 Å². The van der Waals surface area contributed by atoms with Gasteiger partial charge in [0.05, 0.1) is 12.8 Å². The summed E-state index contributed by atoms with van der Waals surface area (Å²) in [7, 11) is 1.56. The Bertz CT molecular complexity index is 1850. The molecule has 9 heteroatoms. The van der Waals surface area contributed by atoms with Crippen LogP contribution in [-0.2, 0) is 9.59 Å². The molecule has 1 unspecified atom stereocenters. The van der Waals surface area contributed by atoms with Crippen molar-refractivity contribution in [2.45, 2.75) is 10.1 Å². The first-order valence-electron chi connectivity index (χ1n) is 14.3. The van der Waals surface area contributed by atoms with Crippen LogP contribution in [0.2, 0.25) is 0 Å². The Kier molecular flexibility index (Phi) is 10.6. The first kappa shape index (κ1) is 31.7. The maximum Gasteiger partial charge on any atom is 0.272 e. The number of para-hydroxylation sites is 1. The lowest BCUT2D eigenvalue weighted by molar-refractivity contribution is -0.116. The predicted octanol–water partition coefficient (Wildman–Crippen LogP) is 7.72. The van der Waals surface area contributed by atoms with Gasteiger partial charge in [0, 0.05) is 16.1 Å². The van der Waals surface area contributed by atoms with Crippen LogP contribution in [0.3, 0.4) is 0 Å². The lowest BCUT2D eigenvalue weighted by Gasteiger charge is -2.18. The van der Waals surface area contributed by atoms with Gasteiger partial charge in [-0.3, -0.25) is 14.4 Å². The number of anilines is 2. The van der Waals surface area contributed by atoms with Gasteiger partial charge in [-0.2, -0.15) is 0 Å². The molecule has 1 atom stereocenters. The molecule has 0 bridgehead atoms. The van der Waals surface area contributed by atoms with E-state index in [0.717, 1.165) is 5.56 Å². The number of ether oxygens (including phenoxy) is 1. The highest BCUT2D eigenvalue weighted by Crippen LogP contribution is 2.37. The lowest BCUT2D eigenvalue weighted by atomic mass is 10.1. The molecule has 0 heterocycles. The smallest absolute Gasteiger partial charge is 0.272 e. The molecule has 0 saturated carbocycles. The van der Waals surface area contributed by atoms with Crippen LogP contribution in [0.25, 0.3) is 6.08 Å². The summed E-state index contributed by atoms with van der Waals surface area (Å²) >= 11 is 1.26. The highest BCUT2D eigenvalue weighted by atomic mass is 32.2. The first-order valence-corrected chi connectivity index (χ1v) is 15.2. The predicted molar refractivity (Wildman–Crippen MR) is 180 cm³/mol. The van der Waals surface area contributed by atoms with Crippen molar-refractivity contribution in [1.82, 2.24) is 5.32 Å². The highest BCUT2D eigenvalue weighted by molar-refractivity contribution is 8.00. The Morgan fingerprint density at radius 1 is 0.761 bits per heavy atom. The number of nitrogens with one attached hydrogen (secondary N) is 3. The Morgan fingerprint density at radius 3 is 2.13 bits per heavy atom. The van der Waals surface area contributed by atoms with Gasteiger partial charge < -0.3 is 20.7 Å². The quantitative estimate of drug-likeness (QED) is 0.103. The fourth-order valence-electron chi connectivity index (χ4n) is 4.45. The summed E-state index contributed by atoms with van der Waals surface area (Å²) in [5.74, 6) is -1.26. The van der Waals surface area contributed by atoms with E-state index in [1.54, 1.807) is 98.1 Å². The van der Waals surface area contributed by atoms with Crippen LogP contribution in [0.4, 0.5) is 15.8 Å². The molecule has 3 N–H and O–H groups in total. The average Bonchev–Trinajstić information content (AvgIpc) is 3.09. The number of hydrogen-bond acceptors (Lipinski definition) is 5. The van der Waals surface area contributed by atoms with Gasteiger partial charge in [0.15, 0.2) is 0 Å². The topological polar surface area (TPSA) is 96.5 Å². The van der Waals surface area contributed by atoms with Gasteiger partial charge in [0.25, 0.3) is 11.8 Å². The average molecular weight is 632 g/mol. The SMILES string of the molecule is COc1ccc(/C=C(/NC(=O)c2ccccc2)C(=O)Nc2cccc(SC(C(=O)Nc3ccccc3F)c3ccccc3)c2)cc1. The van der Waals surface area contributed by atoms with Gasteiger partial charge in [-0.25, -0.2) is 4.39 Å². The third-order valence-corrected chi connectivity index (χ3v) is 8.02. The molecule has 0 radical (unpaired) electrons. The third-order valence-electron chi connectivity index (χ3n) is 6.77. The molecule has 0 aliphatic rings. The van der Waals surface area contributed by atoms with Gasteiger partial charge in [0.2, 0.25) is 5.91 Å². The Morgan fingerprint density at radius 2 is 1.43 bits per heavy atom. The number of methoxy groups -OCH3 is 1. The van der Waals surface area contributed by atoms with Crippen molar-refractivity contribution in [3.05, 3.63) is 162 Å². The van der Waals surface area contributed by atoms with Crippen molar-refractivity contribution in [2.24, 2.45) is 0 Å². The van der Waals surface area contributed by atoms with Gasteiger partial charge >= 0.3 is 0 Å². The number of rotatable bonds is 11. The number of amides is 3. The fraction of sp³-hybridized carbons (Fsp3) is 0.0541. The number of carbonyl (C=O) groups excluding carboxylic acids is 3. The van der Waals surface area contributed by atoms with Crippen molar-refractivity contribution in [1.29, 1.82) is 0 Å². The molecule has 230 valence electrons. The van der Waals surface area contributed by atoms with E-state index in [0.29, 0.717) is 27.5 Å². The molecule has 0 aliphatic carbocycles. The highest BCUT2D eigenvalue weighted by Gasteiger charge is 2.23. The molecule has 0 spiro atoms. The Balaban J connectivity index is 1.38. The summed E-state index contributed by atoms with van der Waals surface area (Å²) in [5.41, 5.74) is 2.37. The van der Waals surface area contributed by atoms with Crippen molar-refractivity contribution >= 4 is 46.9 Å². The van der Waals surface area contributed by atoms with Gasteiger partial charge in [0.1, 0.15) is 22.5 Å². The van der Waals surface area contributed by atoms with Crippen molar-refractivity contribution in [2.75, 3.05) is 17.7 Å². The van der Waals surface area contributed by atoms with Crippen LogP contribution in [0.15, 0.2) is 144 Å². The normalized spacial score (nSPS) is 11.7.